The molecule has 5 heteroatoms. The van der Waals surface area contributed by atoms with Gasteiger partial charge in [-0.25, -0.2) is 9.97 Å². The van der Waals surface area contributed by atoms with E-state index in [2.05, 4.69) is 22.2 Å². The lowest BCUT2D eigenvalue weighted by Gasteiger charge is -2.08. The first-order valence-electron chi connectivity index (χ1n) is 6.48. The van der Waals surface area contributed by atoms with Gasteiger partial charge in [0.15, 0.2) is 0 Å². The number of nitrogens with zero attached hydrogens (tertiary/aromatic N) is 2. The molecular weight excluding hydrogens is 242 g/mol. The van der Waals surface area contributed by atoms with Crippen molar-refractivity contribution in [2.75, 3.05) is 6.54 Å². The van der Waals surface area contributed by atoms with Gasteiger partial charge in [0.1, 0.15) is 12.4 Å². The predicted molar refractivity (Wildman–Crippen MR) is 71.8 cm³/mol. The second kappa shape index (κ2) is 6.89. The monoisotopic (exact) mass is 261 g/mol. The number of ether oxygens (including phenoxy) is 1. The first kappa shape index (κ1) is 13.5. The van der Waals surface area contributed by atoms with Gasteiger partial charge in [-0.05, 0) is 32.0 Å². The lowest BCUT2D eigenvalue weighted by Crippen LogP contribution is -2.15. The quantitative estimate of drug-likeness (QED) is 0.776. The van der Waals surface area contributed by atoms with Crippen molar-refractivity contribution in [1.82, 2.24) is 15.3 Å². The smallest absolute Gasteiger partial charge is 0.317 e. The average molecular weight is 261 g/mol. The average Bonchev–Trinajstić information content (AvgIpc) is 2.92. The summed E-state index contributed by atoms with van der Waals surface area (Å²) in [5.41, 5.74) is 2.03. The van der Waals surface area contributed by atoms with E-state index in [0.717, 1.165) is 36.5 Å². The highest BCUT2D eigenvalue weighted by atomic mass is 16.5. The minimum atomic E-state index is 0.347. The molecule has 0 fully saturated rings. The van der Waals surface area contributed by atoms with Crippen LogP contribution in [0.2, 0.25) is 0 Å². The Bertz CT molecular complexity index is 497. The Kier molecular flexibility index (Phi) is 4.92. The lowest BCUT2D eigenvalue weighted by molar-refractivity contribution is 0.249. The predicted octanol–water partition coefficient (Wildman–Crippen LogP) is 2.46. The van der Waals surface area contributed by atoms with Gasteiger partial charge in [-0.15, -0.1) is 0 Å². The molecule has 0 atom stereocenters. The summed E-state index contributed by atoms with van der Waals surface area (Å²) in [6, 6.07) is 4.07. The van der Waals surface area contributed by atoms with Gasteiger partial charge in [0.05, 0.1) is 6.26 Å². The van der Waals surface area contributed by atoms with E-state index >= 15 is 0 Å². The van der Waals surface area contributed by atoms with E-state index in [4.69, 9.17) is 9.15 Å². The van der Waals surface area contributed by atoms with Gasteiger partial charge >= 0.3 is 6.01 Å². The lowest BCUT2D eigenvalue weighted by atomic mass is 10.2. The Morgan fingerprint density at radius 2 is 2.32 bits per heavy atom. The molecule has 2 heterocycles. The van der Waals surface area contributed by atoms with E-state index in [0.29, 0.717) is 12.6 Å². The molecule has 0 saturated carbocycles. The zero-order chi connectivity index (χ0) is 13.5. The van der Waals surface area contributed by atoms with Crippen LogP contribution < -0.4 is 10.1 Å². The van der Waals surface area contributed by atoms with E-state index in [9.17, 15) is 0 Å². The molecule has 0 aliphatic rings. The number of nitrogens with one attached hydrogen (secondary N) is 1. The summed E-state index contributed by atoms with van der Waals surface area (Å²) in [5.74, 6) is 0.759. The molecule has 0 aromatic carbocycles. The fraction of sp³-hybridized carbons (Fsp3) is 0.429. The van der Waals surface area contributed by atoms with Crippen molar-refractivity contribution in [2.24, 2.45) is 0 Å². The first-order valence-corrected chi connectivity index (χ1v) is 6.48. The van der Waals surface area contributed by atoms with Gasteiger partial charge in [0.25, 0.3) is 0 Å². The third kappa shape index (κ3) is 4.06. The van der Waals surface area contributed by atoms with Crippen molar-refractivity contribution in [1.29, 1.82) is 0 Å². The van der Waals surface area contributed by atoms with Crippen LogP contribution in [0.5, 0.6) is 6.01 Å². The molecule has 2 aromatic rings. The summed E-state index contributed by atoms with van der Waals surface area (Å²) in [7, 11) is 0. The van der Waals surface area contributed by atoms with Crippen LogP contribution in [-0.4, -0.2) is 16.5 Å². The highest BCUT2D eigenvalue weighted by molar-refractivity contribution is 5.17. The maximum atomic E-state index is 5.48. The van der Waals surface area contributed by atoms with Crippen molar-refractivity contribution in [3.8, 4) is 6.01 Å². The molecule has 0 aliphatic carbocycles. The number of hydrogen-bond acceptors (Lipinski definition) is 5. The summed E-state index contributed by atoms with van der Waals surface area (Å²) >= 11 is 0. The van der Waals surface area contributed by atoms with E-state index < -0.39 is 0 Å². The van der Waals surface area contributed by atoms with Crippen molar-refractivity contribution >= 4 is 0 Å². The molecule has 0 amide bonds. The highest BCUT2D eigenvalue weighted by Gasteiger charge is 2.05. The minimum Gasteiger partial charge on any atom is -0.466 e. The molecule has 0 radical (unpaired) electrons. The fourth-order valence-electron chi connectivity index (χ4n) is 1.64. The SMILES string of the molecule is CCCNCc1cnc(OCc2ccco2)nc1C. The fourth-order valence-corrected chi connectivity index (χ4v) is 1.64. The molecule has 1 N–H and O–H groups in total. The molecule has 0 spiro atoms. The molecule has 0 unspecified atom stereocenters. The normalized spacial score (nSPS) is 10.6. The Balaban J connectivity index is 1.90. The summed E-state index contributed by atoms with van der Waals surface area (Å²) in [6.45, 7) is 6.24. The second-order valence-corrected chi connectivity index (χ2v) is 4.31. The molecule has 19 heavy (non-hydrogen) atoms. The van der Waals surface area contributed by atoms with Crippen LogP contribution in [0.1, 0.15) is 30.4 Å². The molecule has 0 aliphatic heterocycles. The zero-order valence-electron chi connectivity index (χ0n) is 11.3. The molecule has 2 aromatic heterocycles. The van der Waals surface area contributed by atoms with E-state index in [-0.39, 0.29) is 0 Å². The number of hydrogen-bond donors (Lipinski definition) is 1. The van der Waals surface area contributed by atoms with Gasteiger partial charge in [0, 0.05) is 24.0 Å². The molecular formula is C14H19N3O2. The third-order valence-electron chi connectivity index (χ3n) is 2.72. The Labute approximate surface area is 113 Å². The van der Waals surface area contributed by atoms with Crippen LogP contribution in [-0.2, 0) is 13.2 Å². The maximum Gasteiger partial charge on any atom is 0.317 e. The first-order chi connectivity index (χ1) is 9.29. The van der Waals surface area contributed by atoms with Crippen molar-refractivity contribution in [3.63, 3.8) is 0 Å². The summed E-state index contributed by atoms with van der Waals surface area (Å²) in [6.07, 6.45) is 4.54. The van der Waals surface area contributed by atoms with Gasteiger partial charge in [0.2, 0.25) is 0 Å². The topological polar surface area (TPSA) is 60.2 Å². The van der Waals surface area contributed by atoms with Gasteiger partial charge in [-0.3, -0.25) is 0 Å². The standard InChI is InChI=1S/C14H19N3O2/c1-3-6-15-8-12-9-16-14(17-11(12)2)19-10-13-5-4-7-18-13/h4-5,7,9,15H,3,6,8,10H2,1-2H3. The van der Waals surface area contributed by atoms with Crippen LogP contribution in [0.25, 0.3) is 0 Å². The minimum absolute atomic E-state index is 0.347. The zero-order valence-corrected chi connectivity index (χ0v) is 11.3. The van der Waals surface area contributed by atoms with Gasteiger partial charge < -0.3 is 14.5 Å². The maximum absolute atomic E-state index is 5.48. The van der Waals surface area contributed by atoms with Crippen LogP contribution in [0, 0.1) is 6.92 Å². The summed E-state index contributed by atoms with van der Waals surface area (Å²) < 4.78 is 10.7. The highest BCUT2D eigenvalue weighted by Crippen LogP contribution is 2.10. The van der Waals surface area contributed by atoms with Crippen LogP contribution in [0.15, 0.2) is 29.0 Å². The van der Waals surface area contributed by atoms with Crippen LogP contribution >= 0.6 is 0 Å². The Morgan fingerprint density at radius 3 is 3.00 bits per heavy atom. The largest absolute Gasteiger partial charge is 0.466 e. The van der Waals surface area contributed by atoms with Crippen molar-refractivity contribution < 1.29 is 9.15 Å². The molecule has 2 rings (SSSR count). The third-order valence-corrected chi connectivity index (χ3v) is 2.72. The summed E-state index contributed by atoms with van der Waals surface area (Å²) in [5, 5.41) is 3.33. The molecule has 0 saturated heterocycles. The number of aryl methyl sites for hydroxylation is 1. The van der Waals surface area contributed by atoms with E-state index in [1.807, 2.05) is 25.3 Å². The van der Waals surface area contributed by atoms with Crippen molar-refractivity contribution in [2.45, 2.75) is 33.4 Å². The number of aromatic nitrogens is 2. The molecule has 0 bridgehead atoms. The summed E-state index contributed by atoms with van der Waals surface area (Å²) in [4.78, 5) is 8.54. The Hall–Kier alpha value is -1.88. The molecule has 102 valence electrons. The number of rotatable bonds is 7. The van der Waals surface area contributed by atoms with Gasteiger partial charge in [-0.1, -0.05) is 6.92 Å². The van der Waals surface area contributed by atoms with Crippen LogP contribution in [0.3, 0.4) is 0 Å². The number of furan rings is 1. The van der Waals surface area contributed by atoms with Crippen molar-refractivity contribution in [3.05, 3.63) is 41.6 Å². The molecule has 5 nitrogen and oxygen atoms in total. The van der Waals surface area contributed by atoms with Crippen LogP contribution in [0.4, 0.5) is 0 Å². The van der Waals surface area contributed by atoms with E-state index in [1.54, 1.807) is 6.26 Å². The van der Waals surface area contributed by atoms with E-state index in [1.165, 1.54) is 0 Å². The van der Waals surface area contributed by atoms with Gasteiger partial charge in [-0.2, -0.15) is 0 Å². The Morgan fingerprint density at radius 1 is 1.42 bits per heavy atom. The second-order valence-electron chi connectivity index (χ2n) is 4.31.